The summed E-state index contributed by atoms with van der Waals surface area (Å²) in [4.78, 5) is 82.2. The Morgan fingerprint density at radius 1 is 0.672 bits per heavy atom. The highest BCUT2D eigenvalue weighted by Gasteiger charge is 2.32. The number of aromatic amines is 1. The average Bonchev–Trinajstić information content (AvgIpc) is 3.60. The first-order chi connectivity index (χ1) is 27.8. The van der Waals surface area contributed by atoms with Crippen molar-refractivity contribution >= 4 is 46.4 Å². The second-order valence-corrected chi connectivity index (χ2v) is 14.9. The third-order valence-electron chi connectivity index (χ3n) is 9.60. The van der Waals surface area contributed by atoms with E-state index in [2.05, 4.69) is 45.4 Å². The van der Waals surface area contributed by atoms with E-state index >= 15 is 0 Å². The fourth-order valence-corrected chi connectivity index (χ4v) is 6.67. The van der Waals surface area contributed by atoms with Crippen LogP contribution in [0.3, 0.4) is 0 Å². The first-order valence-corrected chi connectivity index (χ1v) is 19.6. The molecule has 0 radical (unpaired) electrons. The second-order valence-electron chi connectivity index (χ2n) is 14.9. The van der Waals surface area contributed by atoms with Gasteiger partial charge in [-0.05, 0) is 47.9 Å². The van der Waals surface area contributed by atoms with Crippen LogP contribution in [0.5, 0.6) is 0 Å². The van der Waals surface area contributed by atoms with Gasteiger partial charge in [-0.15, -0.1) is 0 Å². The molecule has 0 aliphatic heterocycles. The van der Waals surface area contributed by atoms with Gasteiger partial charge in [0, 0.05) is 55.5 Å². The standard InChI is InChI=1S/C43H56N8O7/c1-27(2)21-31(44)26-48-35(22-28-11-5-3-6-12-28)42(57)49-34(17-18-38(45)52)41(56)51-37(24-30-25-47-33-16-10-9-15-32(30)33)43(58)50-36(23-29-13-7-4-8-14-29)40(55)46-20-19-39(53)54/h3-16,25,27,31,34-37,47-48H,17-24,26,44H2,1-2H3,(H2,45,52)(H,46,55)(H,49,57)(H,50,58)(H,51,56)(H,53,54)/t31-,34-,35-,36-,37-/m0/s1. The lowest BCUT2D eigenvalue weighted by Crippen LogP contribution is -2.59. The van der Waals surface area contributed by atoms with Crippen LogP contribution in [0.2, 0.25) is 0 Å². The zero-order valence-electron chi connectivity index (χ0n) is 33.0. The number of nitrogens with two attached hydrogens (primary N) is 2. The van der Waals surface area contributed by atoms with Crippen LogP contribution in [-0.4, -0.2) is 88.9 Å². The van der Waals surface area contributed by atoms with Crippen molar-refractivity contribution in [2.75, 3.05) is 13.1 Å². The quantitative estimate of drug-likeness (QED) is 0.0501. The second kappa shape index (κ2) is 22.6. The minimum atomic E-state index is -1.28. The fraction of sp³-hybridized carbons (Fsp3) is 0.395. The number of aromatic nitrogens is 1. The number of carboxylic acids is 1. The molecule has 0 spiro atoms. The molecule has 3 aromatic carbocycles. The number of para-hydroxylation sites is 1. The highest BCUT2D eigenvalue weighted by molar-refractivity contribution is 5.96. The smallest absolute Gasteiger partial charge is 0.305 e. The first kappa shape index (κ1) is 44.7. The number of hydrogen-bond acceptors (Lipinski definition) is 8. The van der Waals surface area contributed by atoms with Crippen LogP contribution >= 0.6 is 0 Å². The lowest BCUT2D eigenvalue weighted by atomic mass is 10.0. The minimum Gasteiger partial charge on any atom is -0.481 e. The van der Waals surface area contributed by atoms with Gasteiger partial charge in [0.1, 0.15) is 18.1 Å². The van der Waals surface area contributed by atoms with Gasteiger partial charge >= 0.3 is 5.97 Å². The van der Waals surface area contributed by atoms with Crippen molar-refractivity contribution in [2.45, 2.75) is 89.0 Å². The van der Waals surface area contributed by atoms with E-state index in [9.17, 15) is 28.8 Å². The Morgan fingerprint density at radius 3 is 1.81 bits per heavy atom. The number of H-pyrrole nitrogens is 1. The summed E-state index contributed by atoms with van der Waals surface area (Å²) in [5.41, 5.74) is 15.0. The van der Waals surface area contributed by atoms with E-state index in [4.69, 9.17) is 16.6 Å². The number of carboxylic acid groups (broad SMARTS) is 1. The van der Waals surface area contributed by atoms with E-state index in [-0.39, 0.29) is 51.1 Å². The van der Waals surface area contributed by atoms with Crippen LogP contribution < -0.4 is 38.1 Å². The molecule has 0 bridgehead atoms. The van der Waals surface area contributed by atoms with Crippen LogP contribution in [0.25, 0.3) is 10.9 Å². The number of rotatable bonds is 24. The van der Waals surface area contributed by atoms with Crippen molar-refractivity contribution in [2.24, 2.45) is 17.4 Å². The van der Waals surface area contributed by atoms with E-state index in [1.54, 1.807) is 30.5 Å². The molecule has 310 valence electrons. The molecule has 0 saturated carbocycles. The number of benzene rings is 3. The zero-order valence-corrected chi connectivity index (χ0v) is 33.0. The third kappa shape index (κ3) is 14.8. The highest BCUT2D eigenvalue weighted by Crippen LogP contribution is 2.20. The molecule has 4 rings (SSSR count). The van der Waals surface area contributed by atoms with Gasteiger partial charge in [-0.2, -0.15) is 0 Å². The van der Waals surface area contributed by atoms with Gasteiger partial charge < -0.3 is 48.1 Å². The molecule has 0 unspecified atom stereocenters. The zero-order chi connectivity index (χ0) is 42.0. The summed E-state index contributed by atoms with van der Waals surface area (Å²) in [6, 6.07) is 21.1. The van der Waals surface area contributed by atoms with Gasteiger partial charge in [0.2, 0.25) is 29.5 Å². The van der Waals surface area contributed by atoms with E-state index in [0.29, 0.717) is 18.0 Å². The number of carbonyl (C=O) groups is 6. The summed E-state index contributed by atoms with van der Waals surface area (Å²) >= 11 is 0. The molecule has 11 N–H and O–H groups in total. The topological polar surface area (TPSA) is 251 Å². The molecular weight excluding hydrogens is 741 g/mol. The van der Waals surface area contributed by atoms with Crippen LogP contribution in [0.4, 0.5) is 0 Å². The Balaban J connectivity index is 1.61. The summed E-state index contributed by atoms with van der Waals surface area (Å²) in [7, 11) is 0. The Kier molecular flexibility index (Phi) is 17.4. The fourth-order valence-electron chi connectivity index (χ4n) is 6.67. The summed E-state index contributed by atoms with van der Waals surface area (Å²) in [6.07, 6.45) is 2.11. The molecule has 0 aliphatic rings. The van der Waals surface area contributed by atoms with Crippen LogP contribution in [0, 0.1) is 5.92 Å². The van der Waals surface area contributed by atoms with Crippen molar-refractivity contribution in [1.82, 2.24) is 31.6 Å². The maximum atomic E-state index is 14.3. The van der Waals surface area contributed by atoms with Crippen LogP contribution in [-0.2, 0) is 48.0 Å². The first-order valence-electron chi connectivity index (χ1n) is 19.6. The van der Waals surface area contributed by atoms with Gasteiger partial charge in [-0.25, -0.2) is 0 Å². The van der Waals surface area contributed by atoms with Gasteiger partial charge in [-0.3, -0.25) is 28.8 Å². The minimum absolute atomic E-state index is 0.0112. The number of fused-ring (bicyclic) bond motifs is 1. The number of nitrogens with one attached hydrogen (secondary N) is 6. The SMILES string of the molecule is CC(C)C[C@H](N)CN[C@@H](Cc1ccccc1)C(=O)N[C@@H](CCC(N)=O)C(=O)N[C@@H](Cc1c[nH]c2ccccc12)C(=O)N[C@@H](Cc1ccccc1)C(=O)NCCC(=O)O. The Labute approximate surface area is 338 Å². The molecule has 1 aromatic heterocycles. The largest absolute Gasteiger partial charge is 0.481 e. The Bertz CT molecular complexity index is 1970. The molecule has 0 aliphatic carbocycles. The molecule has 4 aromatic rings. The van der Waals surface area contributed by atoms with Crippen molar-refractivity contribution in [3.63, 3.8) is 0 Å². The third-order valence-corrected chi connectivity index (χ3v) is 9.60. The molecule has 15 nitrogen and oxygen atoms in total. The predicted molar refractivity (Wildman–Crippen MR) is 221 cm³/mol. The Morgan fingerprint density at radius 2 is 1.21 bits per heavy atom. The van der Waals surface area contributed by atoms with Crippen LogP contribution in [0.1, 0.15) is 56.2 Å². The number of amides is 5. The molecule has 0 saturated heterocycles. The molecule has 1 heterocycles. The lowest BCUT2D eigenvalue weighted by Gasteiger charge is -2.27. The number of primary amides is 1. The summed E-state index contributed by atoms with van der Waals surface area (Å²) < 4.78 is 0. The van der Waals surface area contributed by atoms with Gasteiger partial charge in [-0.1, -0.05) is 92.7 Å². The maximum Gasteiger partial charge on any atom is 0.305 e. The lowest BCUT2D eigenvalue weighted by molar-refractivity contribution is -0.137. The number of hydrogen-bond donors (Lipinski definition) is 9. The van der Waals surface area contributed by atoms with Gasteiger partial charge in [0.15, 0.2) is 0 Å². The van der Waals surface area contributed by atoms with E-state index in [0.717, 1.165) is 28.5 Å². The summed E-state index contributed by atoms with van der Waals surface area (Å²) in [6.45, 7) is 4.30. The molecule has 15 heteroatoms. The van der Waals surface area contributed by atoms with Crippen molar-refractivity contribution in [3.05, 3.63) is 108 Å². The van der Waals surface area contributed by atoms with E-state index in [1.807, 2.05) is 60.7 Å². The number of aliphatic carboxylic acids is 1. The van der Waals surface area contributed by atoms with E-state index in [1.165, 1.54) is 0 Å². The van der Waals surface area contributed by atoms with Crippen molar-refractivity contribution in [3.8, 4) is 0 Å². The molecule has 0 fully saturated rings. The van der Waals surface area contributed by atoms with Gasteiger partial charge in [0.05, 0.1) is 12.5 Å². The summed E-state index contributed by atoms with van der Waals surface area (Å²) in [5, 5.41) is 24.1. The molecule has 5 atom stereocenters. The highest BCUT2D eigenvalue weighted by atomic mass is 16.4. The molecular formula is C43H56N8O7. The molecule has 5 amide bonds. The summed E-state index contributed by atoms with van der Waals surface area (Å²) in [5.74, 6) is -3.99. The predicted octanol–water partition coefficient (Wildman–Crippen LogP) is 1.84. The van der Waals surface area contributed by atoms with Crippen LogP contribution in [0.15, 0.2) is 91.1 Å². The average molecular weight is 797 g/mol. The Hall–Kier alpha value is -6.06. The molecule has 58 heavy (non-hydrogen) atoms. The monoisotopic (exact) mass is 796 g/mol. The normalized spacial score (nSPS) is 13.8. The van der Waals surface area contributed by atoms with Gasteiger partial charge in [0.25, 0.3) is 0 Å². The van der Waals surface area contributed by atoms with Crippen molar-refractivity contribution in [1.29, 1.82) is 0 Å². The number of carbonyl (C=O) groups excluding carboxylic acids is 5. The van der Waals surface area contributed by atoms with E-state index < -0.39 is 59.7 Å². The maximum absolute atomic E-state index is 14.3. The van der Waals surface area contributed by atoms with Crippen molar-refractivity contribution < 1.29 is 33.9 Å².